The summed E-state index contributed by atoms with van der Waals surface area (Å²) in [6.45, 7) is 0.210. The number of sulfone groups is 1. The fourth-order valence-corrected chi connectivity index (χ4v) is 4.34. The van der Waals surface area contributed by atoms with Gasteiger partial charge < -0.3 is 5.73 Å². The van der Waals surface area contributed by atoms with E-state index in [-0.39, 0.29) is 6.54 Å². The van der Waals surface area contributed by atoms with Crippen molar-refractivity contribution in [2.45, 2.75) is 6.54 Å². The number of rotatable bonds is 6. The van der Waals surface area contributed by atoms with Gasteiger partial charge in [0.15, 0.2) is 0 Å². The van der Waals surface area contributed by atoms with E-state index in [4.69, 9.17) is 5.73 Å². The van der Waals surface area contributed by atoms with Gasteiger partial charge >= 0.3 is 0 Å². The molecule has 1 rings (SSSR count). The zero-order valence-electron chi connectivity index (χ0n) is 10.9. The molecule has 0 saturated carbocycles. The second-order valence-electron chi connectivity index (χ2n) is 4.25. The van der Waals surface area contributed by atoms with E-state index in [0.717, 1.165) is 10.6 Å². The van der Waals surface area contributed by atoms with Crippen LogP contribution in [0.2, 0.25) is 0 Å². The molecule has 0 bridgehead atoms. The van der Waals surface area contributed by atoms with Crippen molar-refractivity contribution in [3.8, 4) is 0 Å². The van der Waals surface area contributed by atoms with Gasteiger partial charge in [-0.3, -0.25) is 4.31 Å². The van der Waals surface area contributed by atoms with Gasteiger partial charge in [-0.25, -0.2) is 16.8 Å². The monoisotopic (exact) mass is 306 g/mol. The lowest BCUT2D eigenvalue weighted by molar-refractivity contribution is 0.589. The van der Waals surface area contributed by atoms with Crippen molar-refractivity contribution in [2.75, 3.05) is 29.1 Å². The number of hydrogen-bond donors (Lipinski definition) is 1. The Morgan fingerprint density at radius 3 is 2.21 bits per heavy atom. The minimum Gasteiger partial charge on any atom is -0.326 e. The van der Waals surface area contributed by atoms with E-state index in [9.17, 15) is 16.8 Å². The molecule has 0 saturated heterocycles. The van der Waals surface area contributed by atoms with Crippen LogP contribution in [0.1, 0.15) is 5.56 Å². The van der Waals surface area contributed by atoms with Gasteiger partial charge in [0, 0.05) is 19.8 Å². The lowest BCUT2D eigenvalue weighted by atomic mass is 10.2. The van der Waals surface area contributed by atoms with Gasteiger partial charge in [-0.15, -0.1) is 0 Å². The molecule has 6 nitrogen and oxygen atoms in total. The number of nitrogens with two attached hydrogens (primary N) is 1. The third kappa shape index (κ3) is 4.48. The highest BCUT2D eigenvalue weighted by molar-refractivity contribution is 7.95. The van der Waals surface area contributed by atoms with Crippen LogP contribution < -0.4 is 10.0 Å². The first-order chi connectivity index (χ1) is 8.67. The Kier molecular flexibility index (Phi) is 4.94. The van der Waals surface area contributed by atoms with Crippen LogP contribution in [0.3, 0.4) is 0 Å². The van der Waals surface area contributed by atoms with E-state index in [1.807, 2.05) is 0 Å². The average Bonchev–Trinajstić information content (AvgIpc) is 2.35. The second-order valence-corrected chi connectivity index (χ2v) is 8.63. The first-order valence-corrected chi connectivity index (χ1v) is 9.26. The van der Waals surface area contributed by atoms with Gasteiger partial charge in [-0.1, -0.05) is 18.2 Å². The summed E-state index contributed by atoms with van der Waals surface area (Å²) in [5, 5.41) is 0. The summed E-state index contributed by atoms with van der Waals surface area (Å²) >= 11 is 0. The van der Waals surface area contributed by atoms with Crippen molar-refractivity contribution >= 4 is 25.5 Å². The van der Waals surface area contributed by atoms with Crippen LogP contribution in [-0.2, 0) is 26.4 Å². The number of nitrogens with zero attached hydrogens (tertiary/aromatic N) is 1. The molecule has 0 heterocycles. The number of anilines is 1. The molecule has 0 aliphatic rings. The zero-order valence-corrected chi connectivity index (χ0v) is 12.5. The highest BCUT2D eigenvalue weighted by atomic mass is 32.2. The number of hydrogen-bond acceptors (Lipinski definition) is 5. The normalized spacial score (nSPS) is 12.4. The summed E-state index contributed by atoms with van der Waals surface area (Å²) in [4.78, 5) is 0. The molecule has 108 valence electrons. The Labute approximate surface area is 114 Å². The van der Waals surface area contributed by atoms with Crippen molar-refractivity contribution in [3.63, 3.8) is 0 Å². The molecule has 0 aromatic heterocycles. The summed E-state index contributed by atoms with van der Waals surface area (Å²) in [6, 6.07) is 6.85. The van der Waals surface area contributed by atoms with Crippen LogP contribution in [0, 0.1) is 0 Å². The molecule has 2 N–H and O–H groups in total. The summed E-state index contributed by atoms with van der Waals surface area (Å²) in [5.41, 5.74) is 6.72. The van der Waals surface area contributed by atoms with Gasteiger partial charge in [-0.05, 0) is 11.6 Å². The van der Waals surface area contributed by atoms with Gasteiger partial charge in [0.2, 0.25) is 10.0 Å². The molecule has 0 unspecified atom stereocenters. The Morgan fingerprint density at radius 2 is 1.68 bits per heavy atom. The molecule has 0 atom stereocenters. The van der Waals surface area contributed by atoms with Crippen LogP contribution in [0.15, 0.2) is 24.3 Å². The fourth-order valence-electron chi connectivity index (χ4n) is 1.53. The zero-order chi connectivity index (χ0) is 14.7. The standard InChI is InChI=1S/C11H18N2O4S2/c1-13(11-6-4-3-5-10(11)9-12)19(16,17)8-7-18(2,14)15/h3-6H,7-9,12H2,1-2H3. The maximum absolute atomic E-state index is 12.1. The minimum absolute atomic E-state index is 0.210. The molecule has 0 aliphatic heterocycles. The molecular weight excluding hydrogens is 288 g/mol. The van der Waals surface area contributed by atoms with Crippen LogP contribution in [0.25, 0.3) is 0 Å². The SMILES string of the molecule is CN(c1ccccc1CN)S(=O)(=O)CCS(C)(=O)=O. The molecular formula is C11H18N2O4S2. The Balaban J connectivity index is 3.01. The predicted octanol–water partition coefficient (Wildman–Crippen LogP) is -0.0441. The second kappa shape index (κ2) is 5.89. The summed E-state index contributed by atoms with van der Waals surface area (Å²) in [5.74, 6) is -0.842. The molecule has 8 heteroatoms. The van der Waals surface area contributed by atoms with Crippen molar-refractivity contribution in [1.82, 2.24) is 0 Å². The van der Waals surface area contributed by atoms with E-state index in [1.165, 1.54) is 7.05 Å². The van der Waals surface area contributed by atoms with Gasteiger partial charge in [0.05, 0.1) is 17.2 Å². The summed E-state index contributed by atoms with van der Waals surface area (Å²) in [7, 11) is -5.60. The topological polar surface area (TPSA) is 97.5 Å². The number of sulfonamides is 1. The third-order valence-electron chi connectivity index (χ3n) is 2.68. The summed E-state index contributed by atoms with van der Waals surface area (Å²) in [6.07, 6.45) is 1.01. The smallest absolute Gasteiger partial charge is 0.235 e. The van der Waals surface area contributed by atoms with Crippen LogP contribution >= 0.6 is 0 Å². The maximum Gasteiger partial charge on any atom is 0.235 e. The highest BCUT2D eigenvalue weighted by Crippen LogP contribution is 2.21. The van der Waals surface area contributed by atoms with E-state index >= 15 is 0 Å². The quantitative estimate of drug-likeness (QED) is 0.795. The lowest BCUT2D eigenvalue weighted by Gasteiger charge is -2.21. The van der Waals surface area contributed by atoms with Gasteiger partial charge in [0.1, 0.15) is 9.84 Å². The molecule has 19 heavy (non-hydrogen) atoms. The average molecular weight is 306 g/mol. The maximum atomic E-state index is 12.1. The van der Waals surface area contributed by atoms with E-state index < -0.39 is 31.4 Å². The highest BCUT2D eigenvalue weighted by Gasteiger charge is 2.22. The molecule has 0 fully saturated rings. The van der Waals surface area contributed by atoms with Gasteiger partial charge in [-0.2, -0.15) is 0 Å². The van der Waals surface area contributed by atoms with Crippen LogP contribution in [-0.4, -0.2) is 41.6 Å². The number of benzene rings is 1. The van der Waals surface area contributed by atoms with E-state index in [2.05, 4.69) is 0 Å². The van der Waals surface area contributed by atoms with E-state index in [1.54, 1.807) is 24.3 Å². The van der Waals surface area contributed by atoms with Crippen LogP contribution in [0.5, 0.6) is 0 Å². The Bertz CT molecular complexity index is 638. The van der Waals surface area contributed by atoms with Crippen molar-refractivity contribution in [1.29, 1.82) is 0 Å². The molecule has 0 radical (unpaired) electrons. The minimum atomic E-state index is -3.68. The molecule has 0 aliphatic carbocycles. The largest absolute Gasteiger partial charge is 0.326 e. The first-order valence-electron chi connectivity index (χ1n) is 5.59. The van der Waals surface area contributed by atoms with Crippen LogP contribution in [0.4, 0.5) is 5.69 Å². The fraction of sp³-hybridized carbons (Fsp3) is 0.455. The summed E-state index contributed by atoms with van der Waals surface area (Å²) < 4.78 is 47.3. The van der Waals surface area contributed by atoms with Gasteiger partial charge in [0.25, 0.3) is 0 Å². The van der Waals surface area contributed by atoms with Crippen molar-refractivity contribution in [2.24, 2.45) is 5.73 Å². The predicted molar refractivity (Wildman–Crippen MR) is 76.2 cm³/mol. The lowest BCUT2D eigenvalue weighted by Crippen LogP contribution is -2.32. The Morgan fingerprint density at radius 1 is 1.11 bits per heavy atom. The van der Waals surface area contributed by atoms with E-state index in [0.29, 0.717) is 11.3 Å². The molecule has 0 spiro atoms. The Hall–Kier alpha value is -1.12. The first kappa shape index (κ1) is 15.9. The number of para-hydroxylation sites is 1. The van der Waals surface area contributed by atoms with Crippen molar-refractivity contribution < 1.29 is 16.8 Å². The molecule has 1 aromatic rings. The molecule has 0 amide bonds. The third-order valence-corrected chi connectivity index (χ3v) is 5.64. The van der Waals surface area contributed by atoms with Crippen molar-refractivity contribution in [3.05, 3.63) is 29.8 Å². The molecule has 1 aromatic carbocycles.